The molecule has 0 aromatic heterocycles. The fraction of sp³-hybridized carbons (Fsp3) is 1.00. The lowest BCUT2D eigenvalue weighted by atomic mass is 10.4. The summed E-state index contributed by atoms with van der Waals surface area (Å²) in [5.41, 5.74) is 0. The Morgan fingerprint density at radius 3 is 1.93 bits per heavy atom. The first-order valence-corrected chi connectivity index (χ1v) is 7.00. The molecule has 2 nitrogen and oxygen atoms in total. The summed E-state index contributed by atoms with van der Waals surface area (Å²) < 4.78 is 39.4. The highest BCUT2D eigenvalue weighted by Gasteiger charge is 2.41. The third-order valence-electron chi connectivity index (χ3n) is 2.72. The molecule has 0 aromatic rings. The van der Waals surface area contributed by atoms with E-state index >= 15 is 0 Å². The van der Waals surface area contributed by atoms with Crippen molar-refractivity contribution in [3.05, 3.63) is 0 Å². The van der Waals surface area contributed by atoms with Crippen LogP contribution < -0.4 is 4.90 Å². The Balaban J connectivity index is 0.000000336. The van der Waals surface area contributed by atoms with E-state index in [4.69, 9.17) is 0 Å². The van der Waals surface area contributed by atoms with Gasteiger partial charge in [-0.15, -0.1) is 0 Å². The maximum absolute atomic E-state index is 9.85. The summed E-state index contributed by atoms with van der Waals surface area (Å²) in [6.07, 6.45) is 0.759. The second kappa shape index (κ2) is 6.69. The molecular formula is C8H19AlF4N2. The van der Waals surface area contributed by atoms with Crippen molar-refractivity contribution in [3.8, 4) is 0 Å². The van der Waals surface area contributed by atoms with Crippen LogP contribution in [0.25, 0.3) is 0 Å². The highest BCUT2D eigenvalue weighted by Crippen LogP contribution is 2.06. The van der Waals surface area contributed by atoms with Crippen molar-refractivity contribution in [2.24, 2.45) is 0 Å². The van der Waals surface area contributed by atoms with E-state index < -0.39 is 14.9 Å². The smallest absolute Gasteiger partial charge is 0.510 e. The quantitative estimate of drug-likeness (QED) is 0.561. The molecule has 1 saturated heterocycles. The van der Waals surface area contributed by atoms with Crippen LogP contribution in [0.3, 0.4) is 0 Å². The van der Waals surface area contributed by atoms with Crippen LogP contribution in [0, 0.1) is 0 Å². The number of nitrogens with zero attached hydrogens (tertiary/aromatic N) is 1. The van der Waals surface area contributed by atoms with E-state index in [9.17, 15) is 14.1 Å². The van der Waals surface area contributed by atoms with Crippen molar-refractivity contribution >= 4 is 14.9 Å². The van der Waals surface area contributed by atoms with E-state index in [2.05, 4.69) is 25.7 Å². The van der Waals surface area contributed by atoms with Gasteiger partial charge < -0.3 is 19.0 Å². The monoisotopic (exact) mass is 246 g/mol. The van der Waals surface area contributed by atoms with Crippen LogP contribution >= 0.6 is 0 Å². The van der Waals surface area contributed by atoms with E-state index in [1.54, 1.807) is 4.90 Å². The molecule has 0 saturated carbocycles. The van der Waals surface area contributed by atoms with Gasteiger partial charge in [0.25, 0.3) is 0 Å². The van der Waals surface area contributed by atoms with Crippen LogP contribution in [0.1, 0.15) is 20.8 Å². The highest BCUT2D eigenvalue weighted by molar-refractivity contribution is 6.50. The number of nitrogens with one attached hydrogen (secondary N) is 1. The average Bonchev–Trinajstić information content (AvgIpc) is 2.43. The van der Waals surface area contributed by atoms with Crippen molar-refractivity contribution in [2.45, 2.75) is 26.9 Å². The molecule has 2 unspecified atom stereocenters. The molecule has 0 spiro atoms. The molecule has 0 amide bonds. The maximum Gasteiger partial charge on any atom is 1.04 e. The van der Waals surface area contributed by atoms with Gasteiger partial charge >= 0.3 is 14.9 Å². The number of halogens is 4. The second-order valence-electron chi connectivity index (χ2n) is 3.56. The van der Waals surface area contributed by atoms with Crippen LogP contribution in [0.5, 0.6) is 0 Å². The first kappa shape index (κ1) is 15.2. The molecule has 1 rings (SSSR count). The van der Waals surface area contributed by atoms with Gasteiger partial charge in [-0.1, -0.05) is 6.92 Å². The summed E-state index contributed by atoms with van der Waals surface area (Å²) >= 11 is -6.83. The number of quaternary nitrogens is 1. The first-order valence-electron chi connectivity index (χ1n) is 5.25. The van der Waals surface area contributed by atoms with Crippen LogP contribution in [0.2, 0.25) is 0 Å². The Morgan fingerprint density at radius 2 is 1.73 bits per heavy atom. The van der Waals surface area contributed by atoms with Crippen LogP contribution in [0.4, 0.5) is 14.1 Å². The zero-order valence-corrected chi connectivity index (χ0v) is 10.6. The summed E-state index contributed by atoms with van der Waals surface area (Å²) in [4.78, 5) is 4.28. The molecule has 1 heterocycles. The molecule has 1 fully saturated rings. The summed E-state index contributed by atoms with van der Waals surface area (Å²) in [5, 5.41) is 0. The van der Waals surface area contributed by atoms with Gasteiger partial charge in [-0.3, -0.25) is 0 Å². The lowest BCUT2D eigenvalue weighted by Crippen LogP contribution is -3.13. The number of hydrogen-bond acceptors (Lipinski definition) is 1. The molecule has 0 aromatic carbocycles. The van der Waals surface area contributed by atoms with E-state index in [0.717, 1.165) is 6.17 Å². The lowest BCUT2D eigenvalue weighted by Gasteiger charge is -2.21. The summed E-state index contributed by atoms with van der Waals surface area (Å²) in [6, 6.07) is 0. The number of rotatable bonds is 2. The normalized spacial score (nSPS) is 27.4. The first-order chi connectivity index (χ1) is 6.79. The van der Waals surface area contributed by atoms with Crippen LogP contribution in [-0.2, 0) is 0 Å². The topological polar surface area (TPSA) is 7.68 Å². The molecule has 0 bridgehead atoms. The molecule has 1 aliphatic heterocycles. The Kier molecular flexibility index (Phi) is 6.77. The molecule has 0 radical (unpaired) electrons. The third-order valence-corrected chi connectivity index (χ3v) is 2.72. The van der Waals surface area contributed by atoms with Gasteiger partial charge in [0.05, 0.1) is 19.6 Å². The molecule has 7 heteroatoms. The van der Waals surface area contributed by atoms with E-state index in [0.29, 0.717) is 0 Å². The van der Waals surface area contributed by atoms with Crippen molar-refractivity contribution in [1.82, 2.24) is 4.90 Å². The van der Waals surface area contributed by atoms with E-state index in [-0.39, 0.29) is 0 Å². The van der Waals surface area contributed by atoms with Gasteiger partial charge in [-0.25, -0.2) is 4.90 Å². The lowest BCUT2D eigenvalue weighted by molar-refractivity contribution is -0.914. The maximum atomic E-state index is 9.85. The number of hydrogen-bond donors (Lipinski definition) is 1. The third kappa shape index (κ3) is 7.12. The Hall–Kier alpha value is 0.172. The molecule has 1 N–H and O–H groups in total. The Morgan fingerprint density at radius 1 is 1.27 bits per heavy atom. The minimum absolute atomic E-state index is 0.759. The van der Waals surface area contributed by atoms with Gasteiger partial charge in [0, 0.05) is 13.5 Å². The van der Waals surface area contributed by atoms with Crippen molar-refractivity contribution < 1.29 is 19.0 Å². The second-order valence-corrected chi connectivity index (χ2v) is 4.55. The number of likely N-dealkylation sites (N-methyl/N-ethyl adjacent to an activating group) is 2. The van der Waals surface area contributed by atoms with E-state index in [1.807, 2.05) is 0 Å². The SMILES string of the molecule is CCN1CC[NH+](CC)C1C.[F][Al-]([F])([F])[F]. The van der Waals surface area contributed by atoms with Gasteiger partial charge in [0.15, 0.2) is 0 Å². The largest absolute Gasteiger partial charge is 1.04 e. The highest BCUT2D eigenvalue weighted by atomic mass is 27.5. The summed E-state index contributed by atoms with van der Waals surface area (Å²) in [6.45, 7) is 12.0. The summed E-state index contributed by atoms with van der Waals surface area (Å²) in [7, 11) is 0. The minimum atomic E-state index is -6.83. The Bertz CT molecular complexity index is 159. The van der Waals surface area contributed by atoms with Crippen molar-refractivity contribution in [2.75, 3.05) is 26.2 Å². The fourth-order valence-corrected chi connectivity index (χ4v) is 1.85. The fourth-order valence-electron chi connectivity index (χ4n) is 1.85. The molecular weight excluding hydrogens is 227 g/mol. The molecule has 15 heavy (non-hydrogen) atoms. The Labute approximate surface area is 92.4 Å². The standard InChI is InChI=1S/C8H18N2.Al.4FH/c1-4-9-6-7-10(5-2)8(9)3;;;;;/h8H,4-7H2,1-3H3;;4*1H/q;+3;;;;/p-3. The molecule has 0 aliphatic carbocycles. The van der Waals surface area contributed by atoms with Crippen molar-refractivity contribution in [1.29, 1.82) is 0 Å². The van der Waals surface area contributed by atoms with Gasteiger partial charge in [0.2, 0.25) is 0 Å². The van der Waals surface area contributed by atoms with Crippen LogP contribution in [0.15, 0.2) is 0 Å². The van der Waals surface area contributed by atoms with Crippen molar-refractivity contribution in [3.63, 3.8) is 0 Å². The van der Waals surface area contributed by atoms with Crippen LogP contribution in [-0.4, -0.2) is 52.2 Å². The van der Waals surface area contributed by atoms with E-state index in [1.165, 1.54) is 26.2 Å². The summed E-state index contributed by atoms with van der Waals surface area (Å²) in [5.74, 6) is 0. The van der Waals surface area contributed by atoms with Gasteiger partial charge in [0.1, 0.15) is 6.17 Å². The molecule has 92 valence electrons. The van der Waals surface area contributed by atoms with Gasteiger partial charge in [-0.2, -0.15) is 0 Å². The zero-order chi connectivity index (χ0) is 12.1. The average molecular weight is 246 g/mol. The minimum Gasteiger partial charge on any atom is -0.510 e. The van der Waals surface area contributed by atoms with Gasteiger partial charge in [-0.05, 0) is 6.92 Å². The zero-order valence-electron chi connectivity index (χ0n) is 9.44. The molecule has 1 aliphatic rings. The molecule has 2 atom stereocenters. The predicted octanol–water partition coefficient (Wildman–Crippen LogP) is 0.873. The predicted molar refractivity (Wildman–Crippen MR) is 53.3 cm³/mol.